The van der Waals surface area contributed by atoms with Gasteiger partial charge in [0.2, 0.25) is 0 Å². The van der Waals surface area contributed by atoms with Crippen LogP contribution in [0, 0.1) is 0 Å². The third kappa shape index (κ3) is 2.61. The lowest BCUT2D eigenvalue weighted by molar-refractivity contribution is 1.19. The van der Waals surface area contributed by atoms with Gasteiger partial charge in [-0.3, -0.25) is 4.98 Å². The molecule has 0 aliphatic rings. The number of thiophene rings is 1. The Morgan fingerprint density at radius 1 is 1.11 bits per heavy atom. The van der Waals surface area contributed by atoms with E-state index in [4.69, 9.17) is 0 Å². The molecule has 0 aliphatic carbocycles. The second kappa shape index (κ2) is 5.41. The Morgan fingerprint density at radius 2 is 2.00 bits per heavy atom. The molecule has 0 aliphatic heterocycles. The standard InChI is InChI=1S/C16H16N2S/c1-2-13-6-7-14(19-13)11-18-16-5-3-4-12-10-17-9-8-15(12)16/h3-10,18H,2,11H2,1H3. The Labute approximate surface area is 117 Å². The van der Waals surface area contributed by atoms with Crippen LogP contribution in [0.4, 0.5) is 5.69 Å². The number of aromatic nitrogens is 1. The van der Waals surface area contributed by atoms with Crippen LogP contribution in [0.5, 0.6) is 0 Å². The predicted molar refractivity (Wildman–Crippen MR) is 82.8 cm³/mol. The number of nitrogens with one attached hydrogen (secondary N) is 1. The van der Waals surface area contributed by atoms with Crippen LogP contribution in [0.3, 0.4) is 0 Å². The molecule has 19 heavy (non-hydrogen) atoms. The molecule has 2 aromatic heterocycles. The van der Waals surface area contributed by atoms with Crippen LogP contribution in [-0.2, 0) is 13.0 Å². The number of fused-ring (bicyclic) bond motifs is 1. The highest BCUT2D eigenvalue weighted by Gasteiger charge is 2.02. The van der Waals surface area contributed by atoms with Crippen molar-refractivity contribution in [2.75, 3.05) is 5.32 Å². The van der Waals surface area contributed by atoms with E-state index < -0.39 is 0 Å². The van der Waals surface area contributed by atoms with Gasteiger partial charge in [0.25, 0.3) is 0 Å². The molecular formula is C16H16N2S. The molecule has 0 saturated heterocycles. The molecule has 3 rings (SSSR count). The van der Waals surface area contributed by atoms with Gasteiger partial charge in [-0.2, -0.15) is 0 Å². The van der Waals surface area contributed by atoms with Crippen molar-refractivity contribution in [3.05, 3.63) is 58.5 Å². The Kier molecular flexibility index (Phi) is 3.47. The number of rotatable bonds is 4. The van der Waals surface area contributed by atoms with Crippen LogP contribution in [0.2, 0.25) is 0 Å². The minimum Gasteiger partial charge on any atom is -0.380 e. The lowest BCUT2D eigenvalue weighted by Crippen LogP contribution is -1.97. The van der Waals surface area contributed by atoms with Gasteiger partial charge >= 0.3 is 0 Å². The van der Waals surface area contributed by atoms with Gasteiger partial charge in [-0.15, -0.1) is 11.3 Å². The van der Waals surface area contributed by atoms with Crippen LogP contribution in [0.25, 0.3) is 10.8 Å². The van der Waals surface area contributed by atoms with Gasteiger partial charge in [0.15, 0.2) is 0 Å². The van der Waals surface area contributed by atoms with Crippen molar-refractivity contribution < 1.29 is 0 Å². The second-order valence-electron chi connectivity index (χ2n) is 4.48. The van der Waals surface area contributed by atoms with Gasteiger partial charge < -0.3 is 5.32 Å². The van der Waals surface area contributed by atoms with Crippen molar-refractivity contribution in [2.24, 2.45) is 0 Å². The monoisotopic (exact) mass is 268 g/mol. The van der Waals surface area contributed by atoms with Crippen molar-refractivity contribution >= 4 is 27.8 Å². The van der Waals surface area contributed by atoms with E-state index in [0.29, 0.717) is 0 Å². The molecule has 1 N–H and O–H groups in total. The fraction of sp³-hybridized carbons (Fsp3) is 0.188. The molecule has 96 valence electrons. The fourth-order valence-corrected chi connectivity index (χ4v) is 3.06. The molecule has 1 aromatic carbocycles. The SMILES string of the molecule is CCc1ccc(CNc2cccc3cnccc23)s1. The van der Waals surface area contributed by atoms with E-state index in [1.165, 1.54) is 26.2 Å². The summed E-state index contributed by atoms with van der Waals surface area (Å²) in [4.78, 5) is 6.98. The van der Waals surface area contributed by atoms with E-state index in [-0.39, 0.29) is 0 Å². The van der Waals surface area contributed by atoms with Gasteiger partial charge in [0.1, 0.15) is 0 Å². The molecule has 3 aromatic rings. The van der Waals surface area contributed by atoms with Crippen LogP contribution in [-0.4, -0.2) is 4.98 Å². The first kappa shape index (κ1) is 12.2. The molecule has 0 amide bonds. The zero-order valence-corrected chi connectivity index (χ0v) is 11.7. The highest BCUT2D eigenvalue weighted by atomic mass is 32.1. The quantitative estimate of drug-likeness (QED) is 0.755. The summed E-state index contributed by atoms with van der Waals surface area (Å²) in [7, 11) is 0. The maximum Gasteiger partial charge on any atom is 0.0494 e. The molecule has 3 heteroatoms. The lowest BCUT2D eigenvalue weighted by atomic mass is 10.1. The molecule has 0 unspecified atom stereocenters. The fourth-order valence-electron chi connectivity index (χ4n) is 2.17. The van der Waals surface area contributed by atoms with Crippen molar-refractivity contribution in [3.63, 3.8) is 0 Å². The van der Waals surface area contributed by atoms with Gasteiger partial charge in [-0.05, 0) is 30.7 Å². The van der Waals surface area contributed by atoms with E-state index in [1.54, 1.807) is 0 Å². The lowest BCUT2D eigenvalue weighted by Gasteiger charge is -2.08. The van der Waals surface area contributed by atoms with E-state index in [2.05, 4.69) is 53.6 Å². The molecule has 0 fully saturated rings. The molecule has 0 atom stereocenters. The number of aryl methyl sites for hydroxylation is 1. The zero-order valence-electron chi connectivity index (χ0n) is 10.9. The molecule has 0 bridgehead atoms. The Bertz CT molecular complexity index is 683. The molecule has 0 spiro atoms. The predicted octanol–water partition coefficient (Wildman–Crippen LogP) is 4.47. The normalized spacial score (nSPS) is 10.8. The maximum absolute atomic E-state index is 4.16. The second-order valence-corrected chi connectivity index (χ2v) is 5.73. The van der Waals surface area contributed by atoms with Crippen LogP contribution in [0.15, 0.2) is 48.8 Å². The number of pyridine rings is 1. The van der Waals surface area contributed by atoms with Gasteiger partial charge in [0, 0.05) is 45.2 Å². The molecule has 2 nitrogen and oxygen atoms in total. The summed E-state index contributed by atoms with van der Waals surface area (Å²) in [6.07, 6.45) is 4.86. The van der Waals surface area contributed by atoms with E-state index in [9.17, 15) is 0 Å². The van der Waals surface area contributed by atoms with Crippen LogP contribution in [0.1, 0.15) is 16.7 Å². The topological polar surface area (TPSA) is 24.9 Å². The Hall–Kier alpha value is -1.87. The van der Waals surface area contributed by atoms with Crippen molar-refractivity contribution in [2.45, 2.75) is 19.9 Å². The molecule has 0 radical (unpaired) electrons. The van der Waals surface area contributed by atoms with Crippen molar-refractivity contribution in [1.29, 1.82) is 0 Å². The number of anilines is 1. The summed E-state index contributed by atoms with van der Waals surface area (Å²) >= 11 is 1.88. The molecule has 0 saturated carbocycles. The zero-order chi connectivity index (χ0) is 13.1. The van der Waals surface area contributed by atoms with Crippen LogP contribution >= 0.6 is 11.3 Å². The summed E-state index contributed by atoms with van der Waals surface area (Å²) < 4.78 is 0. The molecular weight excluding hydrogens is 252 g/mol. The maximum atomic E-state index is 4.16. The van der Waals surface area contributed by atoms with Crippen LogP contribution < -0.4 is 5.32 Å². The number of benzene rings is 1. The number of nitrogens with zero attached hydrogens (tertiary/aromatic N) is 1. The average molecular weight is 268 g/mol. The summed E-state index contributed by atoms with van der Waals surface area (Å²) in [5.41, 5.74) is 1.17. The summed E-state index contributed by atoms with van der Waals surface area (Å²) in [6.45, 7) is 3.08. The first-order chi connectivity index (χ1) is 9.36. The Balaban J connectivity index is 1.81. The third-order valence-electron chi connectivity index (χ3n) is 3.20. The Morgan fingerprint density at radius 3 is 2.84 bits per heavy atom. The highest BCUT2D eigenvalue weighted by Crippen LogP contribution is 2.24. The van der Waals surface area contributed by atoms with E-state index in [1.807, 2.05) is 23.7 Å². The van der Waals surface area contributed by atoms with Crippen molar-refractivity contribution in [1.82, 2.24) is 4.98 Å². The van der Waals surface area contributed by atoms with Gasteiger partial charge in [-0.1, -0.05) is 19.1 Å². The third-order valence-corrected chi connectivity index (χ3v) is 4.43. The minimum atomic E-state index is 0.881. The van der Waals surface area contributed by atoms with Crippen molar-refractivity contribution in [3.8, 4) is 0 Å². The smallest absolute Gasteiger partial charge is 0.0494 e. The highest BCUT2D eigenvalue weighted by molar-refractivity contribution is 7.12. The van der Waals surface area contributed by atoms with Gasteiger partial charge in [0.05, 0.1) is 0 Å². The molecule has 2 heterocycles. The summed E-state index contributed by atoms with van der Waals surface area (Å²) in [5, 5.41) is 5.92. The first-order valence-corrected chi connectivity index (χ1v) is 7.32. The number of hydrogen-bond donors (Lipinski definition) is 1. The summed E-state index contributed by atoms with van der Waals surface area (Å²) in [5.74, 6) is 0. The van der Waals surface area contributed by atoms with E-state index >= 15 is 0 Å². The van der Waals surface area contributed by atoms with E-state index in [0.717, 1.165) is 13.0 Å². The minimum absolute atomic E-state index is 0.881. The van der Waals surface area contributed by atoms with Gasteiger partial charge in [-0.25, -0.2) is 0 Å². The number of hydrogen-bond acceptors (Lipinski definition) is 3. The first-order valence-electron chi connectivity index (χ1n) is 6.51. The largest absolute Gasteiger partial charge is 0.380 e. The summed E-state index contributed by atoms with van der Waals surface area (Å²) in [6, 6.07) is 12.8. The average Bonchev–Trinajstić information content (AvgIpc) is 2.93.